The molecule has 1 saturated heterocycles. The smallest absolute Gasteiger partial charge is 0.221 e. The highest BCUT2D eigenvalue weighted by Crippen LogP contribution is 2.20. The molecule has 0 spiro atoms. The van der Waals surface area contributed by atoms with Gasteiger partial charge in [0.05, 0.1) is 23.9 Å². The Balaban J connectivity index is 2.21. The number of rotatable bonds is 4. The molecule has 1 atom stereocenters. The number of sulfone groups is 1. The first-order chi connectivity index (χ1) is 10.3. The van der Waals surface area contributed by atoms with E-state index in [-0.39, 0.29) is 42.5 Å². The average molecular weight is 333 g/mol. The Hall–Kier alpha value is -1.61. The third-order valence-corrected chi connectivity index (χ3v) is 5.36. The fraction of sp³-hybridized carbons (Fsp3) is 0.538. The minimum absolute atomic E-state index is 0.0376. The summed E-state index contributed by atoms with van der Waals surface area (Å²) >= 11 is 0. The first kappa shape index (κ1) is 16.8. The van der Waals surface area contributed by atoms with Crippen molar-refractivity contribution in [2.24, 2.45) is 0 Å². The van der Waals surface area contributed by atoms with Gasteiger partial charge in [-0.3, -0.25) is 14.7 Å². The van der Waals surface area contributed by atoms with Crippen molar-refractivity contribution >= 4 is 15.7 Å². The summed E-state index contributed by atoms with van der Waals surface area (Å²) in [7, 11) is -1.80. The molecule has 1 unspecified atom stereocenters. The molecule has 1 aliphatic heterocycles. The second kappa shape index (κ2) is 6.66. The van der Waals surface area contributed by atoms with E-state index in [0.717, 1.165) is 12.4 Å². The van der Waals surface area contributed by atoms with Crippen LogP contribution >= 0.6 is 0 Å². The maximum atomic E-state index is 13.7. The SMILES string of the molecule is CNC(=O)CC1CS(=O)(=O)CCN1Cc1c(F)cncc1F. The lowest BCUT2D eigenvalue weighted by Crippen LogP contribution is -2.49. The second-order valence-corrected chi connectivity index (χ2v) is 7.43. The highest BCUT2D eigenvalue weighted by molar-refractivity contribution is 7.91. The Kier molecular flexibility index (Phi) is 5.07. The number of nitrogens with zero attached hydrogens (tertiary/aromatic N) is 2. The van der Waals surface area contributed by atoms with Crippen molar-refractivity contribution in [3.05, 3.63) is 29.6 Å². The molecule has 2 rings (SSSR count). The lowest BCUT2D eigenvalue weighted by atomic mass is 10.1. The molecule has 122 valence electrons. The number of hydrogen-bond donors (Lipinski definition) is 1. The van der Waals surface area contributed by atoms with Crippen LogP contribution in [0.1, 0.15) is 12.0 Å². The van der Waals surface area contributed by atoms with E-state index in [9.17, 15) is 22.0 Å². The number of amides is 1. The van der Waals surface area contributed by atoms with Crippen molar-refractivity contribution in [2.75, 3.05) is 25.1 Å². The molecule has 1 amide bonds. The van der Waals surface area contributed by atoms with Crippen molar-refractivity contribution in [2.45, 2.75) is 19.0 Å². The number of carbonyl (C=O) groups is 1. The fourth-order valence-electron chi connectivity index (χ4n) is 2.43. The van der Waals surface area contributed by atoms with E-state index >= 15 is 0 Å². The lowest BCUT2D eigenvalue weighted by Gasteiger charge is -2.35. The van der Waals surface area contributed by atoms with Crippen molar-refractivity contribution in [1.82, 2.24) is 15.2 Å². The van der Waals surface area contributed by atoms with Crippen LogP contribution in [0.5, 0.6) is 0 Å². The highest BCUT2D eigenvalue weighted by atomic mass is 32.2. The number of halogens is 2. The van der Waals surface area contributed by atoms with Gasteiger partial charge >= 0.3 is 0 Å². The third-order valence-electron chi connectivity index (χ3n) is 3.67. The molecule has 0 bridgehead atoms. The molecule has 2 heterocycles. The lowest BCUT2D eigenvalue weighted by molar-refractivity contribution is -0.121. The van der Waals surface area contributed by atoms with E-state index in [1.807, 2.05) is 0 Å². The van der Waals surface area contributed by atoms with Gasteiger partial charge in [-0.15, -0.1) is 0 Å². The van der Waals surface area contributed by atoms with Gasteiger partial charge < -0.3 is 5.32 Å². The van der Waals surface area contributed by atoms with Crippen molar-refractivity contribution in [3.63, 3.8) is 0 Å². The third kappa shape index (κ3) is 3.98. The molecule has 9 heteroatoms. The quantitative estimate of drug-likeness (QED) is 0.845. The molecule has 1 aliphatic rings. The van der Waals surface area contributed by atoms with Gasteiger partial charge in [-0.2, -0.15) is 0 Å². The standard InChI is InChI=1S/C13H17F2N3O3S/c1-16-13(19)4-9-8-22(20,21)3-2-18(9)7-10-11(14)5-17-6-12(10)15/h5-6,9H,2-4,7-8H2,1H3,(H,16,19). The van der Waals surface area contributed by atoms with Crippen LogP contribution in [0.3, 0.4) is 0 Å². The van der Waals surface area contributed by atoms with Crippen molar-refractivity contribution in [1.29, 1.82) is 0 Å². The van der Waals surface area contributed by atoms with Crippen LogP contribution in [0.4, 0.5) is 8.78 Å². The van der Waals surface area contributed by atoms with Gasteiger partial charge in [-0.1, -0.05) is 0 Å². The minimum atomic E-state index is -3.25. The summed E-state index contributed by atoms with van der Waals surface area (Å²) in [5.41, 5.74) is -0.170. The molecule has 1 fully saturated rings. The van der Waals surface area contributed by atoms with E-state index in [1.54, 1.807) is 4.90 Å². The molecular weight excluding hydrogens is 316 g/mol. The van der Waals surface area contributed by atoms with Crippen LogP contribution in [-0.4, -0.2) is 55.3 Å². The van der Waals surface area contributed by atoms with E-state index in [4.69, 9.17) is 0 Å². The minimum Gasteiger partial charge on any atom is -0.359 e. The Labute approximate surface area is 127 Å². The monoisotopic (exact) mass is 333 g/mol. The molecule has 0 aromatic carbocycles. The van der Waals surface area contributed by atoms with Gasteiger partial charge in [-0.25, -0.2) is 17.2 Å². The van der Waals surface area contributed by atoms with Crippen LogP contribution in [0, 0.1) is 11.6 Å². The first-order valence-corrected chi connectivity index (χ1v) is 8.57. The highest BCUT2D eigenvalue weighted by Gasteiger charge is 2.33. The van der Waals surface area contributed by atoms with Gasteiger partial charge in [0.15, 0.2) is 9.84 Å². The van der Waals surface area contributed by atoms with E-state index < -0.39 is 27.5 Å². The second-order valence-electron chi connectivity index (χ2n) is 5.20. The fourth-order valence-corrected chi connectivity index (χ4v) is 4.02. The summed E-state index contributed by atoms with van der Waals surface area (Å²) in [6.07, 6.45) is 1.78. The molecule has 1 N–H and O–H groups in total. The van der Waals surface area contributed by atoms with Crippen LogP contribution in [0.2, 0.25) is 0 Å². The summed E-state index contributed by atoms with van der Waals surface area (Å²) in [4.78, 5) is 16.6. The largest absolute Gasteiger partial charge is 0.359 e. The summed E-state index contributed by atoms with van der Waals surface area (Å²) in [6.45, 7) is 0.0303. The summed E-state index contributed by atoms with van der Waals surface area (Å²) in [6, 6.07) is -0.606. The number of carbonyl (C=O) groups excluding carboxylic acids is 1. The molecule has 6 nitrogen and oxygen atoms in total. The normalized spacial score (nSPS) is 21.5. The maximum absolute atomic E-state index is 13.7. The topological polar surface area (TPSA) is 79.4 Å². The summed E-state index contributed by atoms with van der Waals surface area (Å²) in [5, 5.41) is 2.43. The zero-order valence-electron chi connectivity index (χ0n) is 12.1. The zero-order valence-corrected chi connectivity index (χ0v) is 12.9. The number of aromatic nitrogens is 1. The molecule has 0 saturated carbocycles. The average Bonchev–Trinajstić information content (AvgIpc) is 2.44. The van der Waals surface area contributed by atoms with Crippen LogP contribution in [-0.2, 0) is 21.2 Å². The number of nitrogens with one attached hydrogen (secondary N) is 1. The molecule has 0 aliphatic carbocycles. The summed E-state index contributed by atoms with van der Waals surface area (Å²) < 4.78 is 50.9. The number of pyridine rings is 1. The zero-order chi connectivity index (χ0) is 16.3. The van der Waals surface area contributed by atoms with Crippen molar-refractivity contribution in [3.8, 4) is 0 Å². The summed E-state index contributed by atoms with van der Waals surface area (Å²) in [5.74, 6) is -2.18. The van der Waals surface area contributed by atoms with Crippen LogP contribution in [0.25, 0.3) is 0 Å². The Bertz CT molecular complexity index is 646. The van der Waals surface area contributed by atoms with Gasteiger partial charge in [0.25, 0.3) is 0 Å². The Morgan fingerprint density at radius 1 is 1.41 bits per heavy atom. The number of hydrogen-bond acceptors (Lipinski definition) is 5. The predicted molar refractivity (Wildman–Crippen MR) is 75.7 cm³/mol. The van der Waals surface area contributed by atoms with E-state index in [1.165, 1.54) is 7.05 Å². The Morgan fingerprint density at radius 3 is 2.64 bits per heavy atom. The van der Waals surface area contributed by atoms with Gasteiger partial charge in [0, 0.05) is 38.2 Å². The molecule has 22 heavy (non-hydrogen) atoms. The maximum Gasteiger partial charge on any atom is 0.221 e. The molecule has 1 aromatic rings. The molecule has 1 aromatic heterocycles. The van der Waals surface area contributed by atoms with E-state index in [0.29, 0.717) is 0 Å². The van der Waals surface area contributed by atoms with Gasteiger partial charge in [0.1, 0.15) is 11.6 Å². The van der Waals surface area contributed by atoms with Crippen molar-refractivity contribution < 1.29 is 22.0 Å². The first-order valence-electron chi connectivity index (χ1n) is 6.75. The van der Waals surface area contributed by atoms with E-state index in [2.05, 4.69) is 10.3 Å². The van der Waals surface area contributed by atoms with Crippen LogP contribution in [0.15, 0.2) is 12.4 Å². The van der Waals surface area contributed by atoms with Gasteiger partial charge in [-0.05, 0) is 0 Å². The van der Waals surface area contributed by atoms with Gasteiger partial charge in [0.2, 0.25) is 5.91 Å². The molecule has 0 radical (unpaired) electrons. The van der Waals surface area contributed by atoms with Crippen LogP contribution < -0.4 is 5.32 Å². The molecular formula is C13H17F2N3O3S. The predicted octanol–water partition coefficient (Wildman–Crippen LogP) is 0.0949. The Morgan fingerprint density at radius 2 is 2.05 bits per heavy atom.